The van der Waals surface area contributed by atoms with Crippen LogP contribution in [-0.4, -0.2) is 4.98 Å². The minimum atomic E-state index is 0.820. The summed E-state index contributed by atoms with van der Waals surface area (Å²) in [6.07, 6.45) is 0. The minimum Gasteiger partial charge on any atom is -0.339 e. The number of nitrogens with zero attached hydrogens (tertiary/aromatic N) is 1. The van der Waals surface area contributed by atoms with Crippen LogP contribution in [0.15, 0.2) is 45.5 Å². The summed E-state index contributed by atoms with van der Waals surface area (Å²) in [5.41, 5.74) is 2.23. The summed E-state index contributed by atoms with van der Waals surface area (Å²) in [5.74, 6) is 0.820. The molecular weight excluding hydrogens is 332 g/mol. The SMILES string of the molecule is Cc1ccc(Br)c(Nc2cccc(Br)n2)c1. The quantitative estimate of drug-likeness (QED) is 0.803. The number of rotatable bonds is 2. The zero-order valence-corrected chi connectivity index (χ0v) is 11.8. The van der Waals surface area contributed by atoms with E-state index in [1.165, 1.54) is 5.56 Å². The Balaban J connectivity index is 2.30. The van der Waals surface area contributed by atoms with Crippen LogP contribution < -0.4 is 5.32 Å². The van der Waals surface area contributed by atoms with Gasteiger partial charge in [0, 0.05) is 4.47 Å². The standard InChI is InChI=1S/C12H10Br2N2/c1-8-5-6-9(13)10(7-8)15-12-4-2-3-11(14)16-12/h2-7H,1H3,(H,15,16). The molecule has 0 unspecified atom stereocenters. The lowest BCUT2D eigenvalue weighted by Gasteiger charge is -2.08. The molecule has 0 fully saturated rings. The van der Waals surface area contributed by atoms with Crippen LogP contribution in [0.2, 0.25) is 0 Å². The predicted octanol–water partition coefficient (Wildman–Crippen LogP) is 4.66. The second-order valence-electron chi connectivity index (χ2n) is 3.45. The predicted molar refractivity (Wildman–Crippen MR) is 74.1 cm³/mol. The maximum absolute atomic E-state index is 4.32. The smallest absolute Gasteiger partial charge is 0.131 e. The number of nitrogens with one attached hydrogen (secondary N) is 1. The molecule has 4 heteroatoms. The molecule has 0 atom stereocenters. The molecule has 0 aliphatic heterocycles. The third-order valence-corrected chi connectivity index (χ3v) is 3.23. The van der Waals surface area contributed by atoms with Crippen molar-refractivity contribution in [1.82, 2.24) is 4.98 Å². The Morgan fingerprint density at radius 2 is 1.94 bits per heavy atom. The lowest BCUT2D eigenvalue weighted by molar-refractivity contribution is 1.26. The fourth-order valence-electron chi connectivity index (χ4n) is 1.35. The highest BCUT2D eigenvalue weighted by atomic mass is 79.9. The molecule has 1 N–H and O–H groups in total. The first kappa shape index (κ1) is 11.6. The van der Waals surface area contributed by atoms with Crippen LogP contribution >= 0.6 is 31.9 Å². The number of hydrogen-bond donors (Lipinski definition) is 1. The lowest BCUT2D eigenvalue weighted by atomic mass is 10.2. The van der Waals surface area contributed by atoms with Gasteiger partial charge in [-0.25, -0.2) is 4.98 Å². The molecule has 0 bridgehead atoms. The Hall–Kier alpha value is -0.870. The van der Waals surface area contributed by atoms with E-state index in [9.17, 15) is 0 Å². The van der Waals surface area contributed by atoms with Gasteiger partial charge in [-0.15, -0.1) is 0 Å². The van der Waals surface area contributed by atoms with Gasteiger partial charge in [-0.1, -0.05) is 12.1 Å². The van der Waals surface area contributed by atoms with E-state index >= 15 is 0 Å². The number of benzene rings is 1. The van der Waals surface area contributed by atoms with Crippen molar-refractivity contribution in [3.63, 3.8) is 0 Å². The van der Waals surface area contributed by atoms with Crippen molar-refractivity contribution in [2.24, 2.45) is 0 Å². The van der Waals surface area contributed by atoms with Crippen LogP contribution in [-0.2, 0) is 0 Å². The van der Waals surface area contributed by atoms with Gasteiger partial charge in [0.2, 0.25) is 0 Å². The van der Waals surface area contributed by atoms with Gasteiger partial charge in [0.05, 0.1) is 5.69 Å². The van der Waals surface area contributed by atoms with Crippen molar-refractivity contribution in [2.75, 3.05) is 5.32 Å². The molecule has 2 rings (SSSR count). The average molecular weight is 342 g/mol. The summed E-state index contributed by atoms with van der Waals surface area (Å²) < 4.78 is 1.85. The van der Waals surface area contributed by atoms with Crippen molar-refractivity contribution < 1.29 is 0 Å². The Morgan fingerprint density at radius 3 is 2.69 bits per heavy atom. The van der Waals surface area contributed by atoms with Crippen LogP contribution in [0.3, 0.4) is 0 Å². The molecule has 0 saturated heterocycles. The van der Waals surface area contributed by atoms with Gasteiger partial charge < -0.3 is 5.32 Å². The molecule has 0 spiro atoms. The van der Waals surface area contributed by atoms with E-state index in [2.05, 4.69) is 61.2 Å². The first-order valence-corrected chi connectivity index (χ1v) is 6.39. The van der Waals surface area contributed by atoms with E-state index in [-0.39, 0.29) is 0 Å². The molecule has 0 amide bonds. The molecule has 2 nitrogen and oxygen atoms in total. The summed E-state index contributed by atoms with van der Waals surface area (Å²) in [4.78, 5) is 4.32. The first-order valence-electron chi connectivity index (χ1n) is 4.81. The minimum absolute atomic E-state index is 0.820. The van der Waals surface area contributed by atoms with Gasteiger partial charge in [-0.3, -0.25) is 0 Å². The summed E-state index contributed by atoms with van der Waals surface area (Å²) >= 11 is 6.85. The van der Waals surface area contributed by atoms with Gasteiger partial charge in [0.25, 0.3) is 0 Å². The molecule has 0 saturated carbocycles. The number of halogens is 2. The molecule has 0 aliphatic rings. The normalized spacial score (nSPS) is 10.2. The van der Waals surface area contributed by atoms with Crippen molar-refractivity contribution >= 4 is 43.4 Å². The molecular formula is C12H10Br2N2. The number of anilines is 2. The molecule has 0 radical (unpaired) electrons. The Morgan fingerprint density at radius 1 is 1.12 bits per heavy atom. The van der Waals surface area contributed by atoms with Gasteiger partial charge >= 0.3 is 0 Å². The molecule has 1 aromatic carbocycles. The number of hydrogen-bond acceptors (Lipinski definition) is 2. The van der Waals surface area contributed by atoms with E-state index in [1.54, 1.807) is 0 Å². The summed E-state index contributed by atoms with van der Waals surface area (Å²) in [6, 6.07) is 11.9. The Labute approximate surface area is 111 Å². The third kappa shape index (κ3) is 2.83. The highest BCUT2D eigenvalue weighted by molar-refractivity contribution is 9.10. The van der Waals surface area contributed by atoms with Crippen molar-refractivity contribution in [3.05, 3.63) is 51.0 Å². The van der Waals surface area contributed by atoms with Crippen LogP contribution in [0.1, 0.15) is 5.56 Å². The monoisotopic (exact) mass is 340 g/mol. The van der Waals surface area contributed by atoms with Crippen molar-refractivity contribution in [1.29, 1.82) is 0 Å². The maximum Gasteiger partial charge on any atom is 0.131 e. The molecule has 2 aromatic rings. The van der Waals surface area contributed by atoms with E-state index in [1.807, 2.05) is 24.3 Å². The largest absolute Gasteiger partial charge is 0.339 e. The topological polar surface area (TPSA) is 24.9 Å². The molecule has 0 aliphatic carbocycles. The maximum atomic E-state index is 4.32. The Bertz CT molecular complexity index is 512. The molecule has 82 valence electrons. The number of pyridine rings is 1. The Kier molecular flexibility index (Phi) is 3.61. The zero-order valence-electron chi connectivity index (χ0n) is 8.67. The fraction of sp³-hybridized carbons (Fsp3) is 0.0833. The van der Waals surface area contributed by atoms with Crippen molar-refractivity contribution in [2.45, 2.75) is 6.92 Å². The van der Waals surface area contributed by atoms with Crippen LogP contribution in [0.5, 0.6) is 0 Å². The second kappa shape index (κ2) is 4.97. The van der Waals surface area contributed by atoms with Crippen LogP contribution in [0.25, 0.3) is 0 Å². The summed E-state index contributed by atoms with van der Waals surface area (Å²) in [7, 11) is 0. The van der Waals surface area contributed by atoms with E-state index in [4.69, 9.17) is 0 Å². The van der Waals surface area contributed by atoms with Crippen molar-refractivity contribution in [3.8, 4) is 0 Å². The summed E-state index contributed by atoms with van der Waals surface area (Å²) in [6.45, 7) is 2.06. The highest BCUT2D eigenvalue weighted by Gasteiger charge is 2.01. The van der Waals surface area contributed by atoms with Gasteiger partial charge in [-0.2, -0.15) is 0 Å². The summed E-state index contributed by atoms with van der Waals surface area (Å²) in [5, 5.41) is 3.27. The first-order chi connectivity index (χ1) is 7.65. The van der Waals surface area contributed by atoms with E-state index < -0.39 is 0 Å². The fourth-order valence-corrected chi connectivity index (χ4v) is 2.04. The molecule has 16 heavy (non-hydrogen) atoms. The van der Waals surface area contributed by atoms with Gasteiger partial charge in [0.15, 0.2) is 0 Å². The highest BCUT2D eigenvalue weighted by Crippen LogP contribution is 2.26. The van der Waals surface area contributed by atoms with Crippen LogP contribution in [0, 0.1) is 6.92 Å². The van der Waals surface area contributed by atoms with Crippen LogP contribution in [0.4, 0.5) is 11.5 Å². The molecule has 1 aromatic heterocycles. The number of aryl methyl sites for hydroxylation is 1. The van der Waals surface area contributed by atoms with E-state index in [0.29, 0.717) is 0 Å². The third-order valence-electron chi connectivity index (χ3n) is 2.10. The molecule has 1 heterocycles. The van der Waals surface area contributed by atoms with E-state index in [0.717, 1.165) is 20.6 Å². The number of aromatic nitrogens is 1. The van der Waals surface area contributed by atoms with Gasteiger partial charge in [0.1, 0.15) is 10.4 Å². The zero-order chi connectivity index (χ0) is 11.5. The lowest BCUT2D eigenvalue weighted by Crippen LogP contribution is -1.94. The second-order valence-corrected chi connectivity index (χ2v) is 5.12. The average Bonchev–Trinajstić information content (AvgIpc) is 2.24. The van der Waals surface area contributed by atoms with Gasteiger partial charge in [-0.05, 0) is 68.6 Å².